The predicted octanol–water partition coefficient (Wildman–Crippen LogP) is 2.26. The van der Waals surface area contributed by atoms with Crippen LogP contribution in [-0.4, -0.2) is 49.5 Å². The Labute approximate surface area is 144 Å². The molecule has 24 heavy (non-hydrogen) atoms. The molecule has 0 aromatic heterocycles. The SMILES string of the molecule is CCC(CC)NC(=O)CN(CC)CC(=O)Nc1ccc(OC)cc1. The van der Waals surface area contributed by atoms with Crippen LogP contribution >= 0.6 is 0 Å². The van der Waals surface area contributed by atoms with Crippen LogP contribution in [0.5, 0.6) is 5.75 Å². The van der Waals surface area contributed by atoms with Crippen LogP contribution < -0.4 is 15.4 Å². The highest BCUT2D eigenvalue weighted by Crippen LogP contribution is 2.14. The van der Waals surface area contributed by atoms with Gasteiger partial charge in [0.1, 0.15) is 5.75 Å². The number of rotatable bonds is 10. The van der Waals surface area contributed by atoms with Gasteiger partial charge in [0.2, 0.25) is 11.8 Å². The Hall–Kier alpha value is -2.08. The lowest BCUT2D eigenvalue weighted by atomic mass is 10.2. The summed E-state index contributed by atoms with van der Waals surface area (Å²) in [5, 5.41) is 5.82. The van der Waals surface area contributed by atoms with Crippen LogP contribution in [0.2, 0.25) is 0 Å². The van der Waals surface area contributed by atoms with E-state index in [-0.39, 0.29) is 30.9 Å². The van der Waals surface area contributed by atoms with Crippen LogP contribution in [0, 0.1) is 0 Å². The van der Waals surface area contributed by atoms with Gasteiger partial charge >= 0.3 is 0 Å². The highest BCUT2D eigenvalue weighted by atomic mass is 16.5. The standard InChI is InChI=1S/C18H29N3O3/c1-5-14(6-2)19-17(22)12-21(7-3)13-18(23)20-15-8-10-16(24-4)11-9-15/h8-11,14H,5-7,12-13H2,1-4H3,(H,19,22)(H,20,23). The van der Waals surface area contributed by atoms with Crippen LogP contribution in [0.3, 0.4) is 0 Å². The fraction of sp³-hybridized carbons (Fsp3) is 0.556. The molecule has 0 unspecified atom stereocenters. The Morgan fingerprint density at radius 3 is 2.12 bits per heavy atom. The molecule has 0 aliphatic heterocycles. The van der Waals surface area contributed by atoms with Gasteiger partial charge in [-0.3, -0.25) is 14.5 Å². The molecule has 6 heteroatoms. The number of hydrogen-bond acceptors (Lipinski definition) is 4. The maximum absolute atomic E-state index is 12.1. The van der Waals surface area contributed by atoms with Gasteiger partial charge in [0.15, 0.2) is 0 Å². The second kappa shape index (κ2) is 10.6. The number of carbonyl (C=O) groups is 2. The molecular weight excluding hydrogens is 306 g/mol. The number of anilines is 1. The molecule has 0 atom stereocenters. The quantitative estimate of drug-likeness (QED) is 0.688. The summed E-state index contributed by atoms with van der Waals surface area (Å²) >= 11 is 0. The van der Waals surface area contributed by atoms with Gasteiger partial charge in [0.25, 0.3) is 0 Å². The smallest absolute Gasteiger partial charge is 0.238 e. The fourth-order valence-corrected chi connectivity index (χ4v) is 2.33. The summed E-state index contributed by atoms with van der Waals surface area (Å²) in [7, 11) is 1.60. The molecule has 2 amide bonds. The third kappa shape index (κ3) is 7.00. The van der Waals surface area contributed by atoms with Crippen LogP contribution in [0.4, 0.5) is 5.69 Å². The van der Waals surface area contributed by atoms with Crippen LogP contribution in [0.1, 0.15) is 33.6 Å². The molecule has 1 aromatic carbocycles. The lowest BCUT2D eigenvalue weighted by Crippen LogP contribution is -2.44. The van der Waals surface area contributed by atoms with Crippen molar-refractivity contribution in [2.75, 3.05) is 32.1 Å². The molecule has 0 saturated heterocycles. The first-order valence-corrected chi connectivity index (χ1v) is 8.47. The molecule has 0 aliphatic carbocycles. The van der Waals surface area contributed by atoms with E-state index in [0.717, 1.165) is 18.6 Å². The monoisotopic (exact) mass is 335 g/mol. The van der Waals surface area contributed by atoms with Crippen LogP contribution in [0.25, 0.3) is 0 Å². The number of methoxy groups -OCH3 is 1. The third-order valence-corrected chi connectivity index (χ3v) is 3.91. The molecule has 0 aliphatic rings. The van der Waals surface area contributed by atoms with E-state index in [1.54, 1.807) is 31.4 Å². The van der Waals surface area contributed by atoms with Crippen LogP contribution in [0.15, 0.2) is 24.3 Å². The van der Waals surface area contributed by atoms with Gasteiger partial charge in [-0.15, -0.1) is 0 Å². The largest absolute Gasteiger partial charge is 0.497 e. The van der Waals surface area contributed by atoms with Crippen molar-refractivity contribution in [3.63, 3.8) is 0 Å². The normalized spacial score (nSPS) is 10.8. The topological polar surface area (TPSA) is 70.7 Å². The van der Waals surface area contributed by atoms with Gasteiger partial charge in [0, 0.05) is 11.7 Å². The van der Waals surface area contributed by atoms with E-state index in [1.165, 1.54) is 0 Å². The van der Waals surface area contributed by atoms with E-state index >= 15 is 0 Å². The van der Waals surface area contributed by atoms with Gasteiger partial charge in [-0.25, -0.2) is 0 Å². The Morgan fingerprint density at radius 1 is 1.04 bits per heavy atom. The van der Waals surface area contributed by atoms with Gasteiger partial charge < -0.3 is 15.4 Å². The van der Waals surface area contributed by atoms with Gasteiger partial charge in [-0.1, -0.05) is 20.8 Å². The zero-order chi connectivity index (χ0) is 17.9. The molecule has 0 spiro atoms. The van der Waals surface area contributed by atoms with Gasteiger partial charge in [-0.05, 0) is 43.7 Å². The Balaban J connectivity index is 2.48. The van der Waals surface area contributed by atoms with E-state index in [0.29, 0.717) is 12.2 Å². The lowest BCUT2D eigenvalue weighted by Gasteiger charge is -2.21. The number of nitrogens with one attached hydrogen (secondary N) is 2. The fourth-order valence-electron chi connectivity index (χ4n) is 2.33. The average Bonchev–Trinajstić information content (AvgIpc) is 2.59. The first-order chi connectivity index (χ1) is 11.5. The van der Waals surface area contributed by atoms with Crippen LogP contribution in [-0.2, 0) is 9.59 Å². The zero-order valence-corrected chi connectivity index (χ0v) is 15.1. The number of nitrogens with zero attached hydrogens (tertiary/aromatic N) is 1. The van der Waals surface area contributed by atoms with Crippen molar-refractivity contribution in [1.29, 1.82) is 0 Å². The summed E-state index contributed by atoms with van der Waals surface area (Å²) in [6, 6.07) is 7.34. The second-order valence-corrected chi connectivity index (χ2v) is 5.66. The molecule has 1 rings (SSSR count). The summed E-state index contributed by atoms with van der Waals surface area (Å²) in [5.41, 5.74) is 0.707. The Bertz CT molecular complexity index is 513. The van der Waals surface area contributed by atoms with E-state index in [4.69, 9.17) is 4.74 Å². The number of carbonyl (C=O) groups excluding carboxylic acids is 2. The van der Waals surface area contributed by atoms with Crippen molar-refractivity contribution >= 4 is 17.5 Å². The predicted molar refractivity (Wildman–Crippen MR) is 96.3 cm³/mol. The maximum atomic E-state index is 12.1. The molecule has 0 saturated carbocycles. The lowest BCUT2D eigenvalue weighted by molar-refractivity contribution is -0.124. The minimum absolute atomic E-state index is 0.0391. The maximum Gasteiger partial charge on any atom is 0.238 e. The zero-order valence-electron chi connectivity index (χ0n) is 15.1. The highest BCUT2D eigenvalue weighted by molar-refractivity contribution is 5.92. The van der Waals surface area contributed by atoms with Crippen molar-refractivity contribution in [2.24, 2.45) is 0 Å². The summed E-state index contributed by atoms with van der Waals surface area (Å²) in [5.74, 6) is 0.557. The average molecular weight is 335 g/mol. The number of likely N-dealkylation sites (N-methyl/N-ethyl adjacent to an activating group) is 1. The molecule has 0 radical (unpaired) electrons. The molecule has 134 valence electrons. The molecule has 2 N–H and O–H groups in total. The highest BCUT2D eigenvalue weighted by Gasteiger charge is 2.15. The van der Waals surface area contributed by atoms with Gasteiger partial charge in [-0.2, -0.15) is 0 Å². The summed E-state index contributed by atoms with van der Waals surface area (Å²) in [4.78, 5) is 26.0. The van der Waals surface area contributed by atoms with E-state index in [1.807, 2.05) is 25.7 Å². The van der Waals surface area contributed by atoms with Crippen molar-refractivity contribution in [3.05, 3.63) is 24.3 Å². The van der Waals surface area contributed by atoms with Crippen molar-refractivity contribution in [1.82, 2.24) is 10.2 Å². The van der Waals surface area contributed by atoms with Gasteiger partial charge in [0.05, 0.1) is 20.2 Å². The molecule has 0 fully saturated rings. The number of benzene rings is 1. The summed E-state index contributed by atoms with van der Waals surface area (Å²) in [6.45, 7) is 7.07. The Kier molecular flexibility index (Phi) is 8.86. The minimum atomic E-state index is -0.141. The van der Waals surface area contributed by atoms with Crippen molar-refractivity contribution in [3.8, 4) is 5.75 Å². The first kappa shape index (κ1) is 20.0. The second-order valence-electron chi connectivity index (χ2n) is 5.66. The van der Waals surface area contributed by atoms with E-state index < -0.39 is 0 Å². The third-order valence-electron chi connectivity index (χ3n) is 3.91. The minimum Gasteiger partial charge on any atom is -0.497 e. The molecule has 0 heterocycles. The molecule has 6 nitrogen and oxygen atoms in total. The molecular formula is C18H29N3O3. The van der Waals surface area contributed by atoms with Crippen molar-refractivity contribution < 1.29 is 14.3 Å². The summed E-state index contributed by atoms with van der Waals surface area (Å²) in [6.07, 6.45) is 1.82. The number of hydrogen-bond donors (Lipinski definition) is 2. The van der Waals surface area contributed by atoms with E-state index in [9.17, 15) is 9.59 Å². The first-order valence-electron chi connectivity index (χ1n) is 8.47. The number of amides is 2. The summed E-state index contributed by atoms with van der Waals surface area (Å²) < 4.78 is 5.08. The molecule has 1 aromatic rings. The molecule has 0 bridgehead atoms. The van der Waals surface area contributed by atoms with Crippen molar-refractivity contribution in [2.45, 2.75) is 39.7 Å². The Morgan fingerprint density at radius 2 is 1.62 bits per heavy atom. The van der Waals surface area contributed by atoms with E-state index in [2.05, 4.69) is 10.6 Å². The number of ether oxygens (including phenoxy) is 1.